The zero-order valence-corrected chi connectivity index (χ0v) is 13.0. The Hall–Kier alpha value is -2.37. The van der Waals surface area contributed by atoms with Gasteiger partial charge in [0.2, 0.25) is 5.91 Å². The molecule has 1 unspecified atom stereocenters. The molecule has 6 nitrogen and oxygen atoms in total. The summed E-state index contributed by atoms with van der Waals surface area (Å²) in [6.07, 6.45) is 0.992. The molecule has 1 aliphatic rings. The van der Waals surface area contributed by atoms with Gasteiger partial charge in [0.05, 0.1) is 11.6 Å². The highest BCUT2D eigenvalue weighted by molar-refractivity contribution is 5.99. The summed E-state index contributed by atoms with van der Waals surface area (Å²) in [5.41, 5.74) is 0.365. The molecule has 118 valence electrons. The van der Waals surface area contributed by atoms with Gasteiger partial charge in [0.25, 0.3) is 11.8 Å². The molecule has 1 saturated heterocycles. The number of carbonyl (C=O) groups is 3. The molecule has 0 bridgehead atoms. The number of rotatable bonds is 3. The van der Waals surface area contributed by atoms with E-state index in [1.807, 2.05) is 13.8 Å². The molecule has 1 aromatic rings. The molecule has 0 radical (unpaired) electrons. The molecule has 1 aliphatic heterocycles. The topological polar surface area (TPSA) is 87.3 Å². The molecule has 0 spiro atoms. The standard InChI is InChI=1S/C16H21N3O3/c1-16(2)12(7-8-13(20)19-16)18-15(22)11-6-4-5-10(9-11)14(21)17-3/h4-6,9,12H,7-8H2,1-3H3,(H,17,21)(H,18,22)(H,19,20). The van der Waals surface area contributed by atoms with Crippen molar-refractivity contribution in [3.63, 3.8) is 0 Å². The molecule has 22 heavy (non-hydrogen) atoms. The van der Waals surface area contributed by atoms with Gasteiger partial charge in [0.15, 0.2) is 0 Å². The minimum Gasteiger partial charge on any atom is -0.355 e. The summed E-state index contributed by atoms with van der Waals surface area (Å²) in [5, 5.41) is 8.36. The molecule has 2 rings (SSSR count). The van der Waals surface area contributed by atoms with Gasteiger partial charge in [-0.15, -0.1) is 0 Å². The maximum atomic E-state index is 12.4. The molecule has 6 heteroatoms. The highest BCUT2D eigenvalue weighted by Gasteiger charge is 2.36. The minimum absolute atomic E-state index is 0.00267. The van der Waals surface area contributed by atoms with Crippen molar-refractivity contribution in [3.8, 4) is 0 Å². The number of piperidine rings is 1. The first kappa shape index (κ1) is 16.0. The third-order valence-corrected chi connectivity index (χ3v) is 3.91. The predicted octanol–water partition coefficient (Wildman–Crippen LogP) is 0.833. The quantitative estimate of drug-likeness (QED) is 0.773. The summed E-state index contributed by atoms with van der Waals surface area (Å²) in [6, 6.07) is 6.40. The number of hydrogen-bond donors (Lipinski definition) is 3. The van der Waals surface area contributed by atoms with Crippen LogP contribution in [0.1, 0.15) is 47.4 Å². The summed E-state index contributed by atoms with van der Waals surface area (Å²) in [4.78, 5) is 35.5. The number of carbonyl (C=O) groups excluding carboxylic acids is 3. The highest BCUT2D eigenvalue weighted by atomic mass is 16.2. The van der Waals surface area contributed by atoms with E-state index in [2.05, 4.69) is 16.0 Å². The van der Waals surface area contributed by atoms with Crippen molar-refractivity contribution in [2.45, 2.75) is 38.3 Å². The lowest BCUT2D eigenvalue weighted by Crippen LogP contribution is -2.62. The molecular weight excluding hydrogens is 282 g/mol. The minimum atomic E-state index is -0.497. The second-order valence-corrected chi connectivity index (χ2v) is 5.99. The summed E-state index contributed by atoms with van der Waals surface area (Å²) in [6.45, 7) is 3.77. The second kappa shape index (κ2) is 6.17. The highest BCUT2D eigenvalue weighted by Crippen LogP contribution is 2.20. The van der Waals surface area contributed by atoms with Gasteiger partial charge < -0.3 is 16.0 Å². The van der Waals surface area contributed by atoms with Crippen LogP contribution < -0.4 is 16.0 Å². The SMILES string of the molecule is CNC(=O)c1cccc(C(=O)NC2CCC(=O)NC2(C)C)c1. The van der Waals surface area contributed by atoms with Crippen molar-refractivity contribution in [2.24, 2.45) is 0 Å². The average Bonchev–Trinajstić information content (AvgIpc) is 2.48. The molecule has 3 amide bonds. The Morgan fingerprint density at radius 3 is 2.45 bits per heavy atom. The maximum Gasteiger partial charge on any atom is 0.251 e. The molecule has 1 fully saturated rings. The molecule has 0 saturated carbocycles. The Labute approximate surface area is 129 Å². The Balaban J connectivity index is 2.12. The van der Waals surface area contributed by atoms with Gasteiger partial charge in [-0.05, 0) is 38.5 Å². The molecule has 0 aromatic heterocycles. The second-order valence-electron chi connectivity index (χ2n) is 5.99. The largest absolute Gasteiger partial charge is 0.355 e. The Bertz CT molecular complexity index is 610. The monoisotopic (exact) mass is 303 g/mol. The van der Waals surface area contributed by atoms with Crippen molar-refractivity contribution >= 4 is 17.7 Å². The lowest BCUT2D eigenvalue weighted by Gasteiger charge is -2.39. The van der Waals surface area contributed by atoms with E-state index in [1.54, 1.807) is 31.3 Å². The van der Waals surface area contributed by atoms with E-state index in [1.165, 1.54) is 0 Å². The van der Waals surface area contributed by atoms with Crippen LogP contribution in [0.25, 0.3) is 0 Å². The lowest BCUT2D eigenvalue weighted by atomic mass is 9.86. The Kier molecular flexibility index (Phi) is 4.49. The number of benzene rings is 1. The number of nitrogens with one attached hydrogen (secondary N) is 3. The fourth-order valence-electron chi connectivity index (χ4n) is 2.59. The fourth-order valence-corrected chi connectivity index (χ4v) is 2.59. The van der Waals surface area contributed by atoms with Crippen LogP contribution in [0.4, 0.5) is 0 Å². The van der Waals surface area contributed by atoms with E-state index in [9.17, 15) is 14.4 Å². The zero-order valence-electron chi connectivity index (χ0n) is 13.0. The molecule has 1 aromatic carbocycles. The van der Waals surface area contributed by atoms with Gasteiger partial charge in [-0.3, -0.25) is 14.4 Å². The van der Waals surface area contributed by atoms with E-state index in [4.69, 9.17) is 0 Å². The summed E-state index contributed by atoms with van der Waals surface area (Å²) < 4.78 is 0. The van der Waals surface area contributed by atoms with E-state index < -0.39 is 5.54 Å². The first-order valence-corrected chi connectivity index (χ1v) is 7.27. The van der Waals surface area contributed by atoms with Crippen LogP contribution in [0.15, 0.2) is 24.3 Å². The van der Waals surface area contributed by atoms with Crippen LogP contribution >= 0.6 is 0 Å². The first-order chi connectivity index (χ1) is 10.3. The van der Waals surface area contributed by atoms with Crippen LogP contribution in [-0.4, -0.2) is 36.3 Å². The lowest BCUT2D eigenvalue weighted by molar-refractivity contribution is -0.125. The van der Waals surface area contributed by atoms with E-state index >= 15 is 0 Å². The molecule has 3 N–H and O–H groups in total. The average molecular weight is 303 g/mol. The third kappa shape index (κ3) is 3.44. The van der Waals surface area contributed by atoms with Crippen LogP contribution in [0.5, 0.6) is 0 Å². The molecule has 1 heterocycles. The van der Waals surface area contributed by atoms with Crippen molar-refractivity contribution in [3.05, 3.63) is 35.4 Å². The smallest absolute Gasteiger partial charge is 0.251 e. The van der Waals surface area contributed by atoms with Gasteiger partial charge in [-0.2, -0.15) is 0 Å². The van der Waals surface area contributed by atoms with E-state index in [-0.39, 0.29) is 23.8 Å². The molecular formula is C16H21N3O3. The number of hydrogen-bond acceptors (Lipinski definition) is 3. The van der Waals surface area contributed by atoms with Gasteiger partial charge in [-0.25, -0.2) is 0 Å². The normalized spacial score (nSPS) is 20.0. The van der Waals surface area contributed by atoms with Crippen LogP contribution in [0.2, 0.25) is 0 Å². The Morgan fingerprint density at radius 1 is 1.23 bits per heavy atom. The summed E-state index contributed by atoms with van der Waals surface area (Å²) in [5.74, 6) is -0.489. The van der Waals surface area contributed by atoms with Crippen molar-refractivity contribution in [2.75, 3.05) is 7.05 Å². The van der Waals surface area contributed by atoms with Gasteiger partial charge in [-0.1, -0.05) is 6.07 Å². The van der Waals surface area contributed by atoms with Crippen molar-refractivity contribution in [1.29, 1.82) is 0 Å². The maximum absolute atomic E-state index is 12.4. The van der Waals surface area contributed by atoms with E-state index in [0.717, 1.165) is 0 Å². The first-order valence-electron chi connectivity index (χ1n) is 7.27. The van der Waals surface area contributed by atoms with Crippen molar-refractivity contribution < 1.29 is 14.4 Å². The molecule has 0 aliphatic carbocycles. The predicted molar refractivity (Wildman–Crippen MR) is 82.5 cm³/mol. The Morgan fingerprint density at radius 2 is 1.86 bits per heavy atom. The van der Waals surface area contributed by atoms with Crippen LogP contribution in [0, 0.1) is 0 Å². The molecule has 1 atom stereocenters. The number of amides is 3. The summed E-state index contributed by atoms with van der Waals surface area (Å²) in [7, 11) is 1.54. The fraction of sp³-hybridized carbons (Fsp3) is 0.438. The van der Waals surface area contributed by atoms with Gasteiger partial charge in [0, 0.05) is 24.6 Å². The van der Waals surface area contributed by atoms with Crippen molar-refractivity contribution in [1.82, 2.24) is 16.0 Å². The van der Waals surface area contributed by atoms with Crippen LogP contribution in [0.3, 0.4) is 0 Å². The zero-order chi connectivity index (χ0) is 16.3. The van der Waals surface area contributed by atoms with E-state index in [0.29, 0.717) is 24.0 Å². The summed E-state index contributed by atoms with van der Waals surface area (Å²) >= 11 is 0. The van der Waals surface area contributed by atoms with Gasteiger partial charge in [0.1, 0.15) is 0 Å². The van der Waals surface area contributed by atoms with Crippen LogP contribution in [-0.2, 0) is 4.79 Å². The third-order valence-electron chi connectivity index (χ3n) is 3.91. The van der Waals surface area contributed by atoms with Gasteiger partial charge >= 0.3 is 0 Å².